The Hall–Kier alpha value is -2.71. The van der Waals surface area contributed by atoms with Gasteiger partial charge < -0.3 is 10.2 Å². The maximum atomic E-state index is 12.9. The third-order valence-electron chi connectivity index (χ3n) is 3.94. The quantitative estimate of drug-likeness (QED) is 0.660. The van der Waals surface area contributed by atoms with Gasteiger partial charge in [0.1, 0.15) is 6.54 Å². The number of fused-ring (bicyclic) bond motifs is 1. The van der Waals surface area contributed by atoms with E-state index >= 15 is 0 Å². The fourth-order valence-corrected chi connectivity index (χ4v) is 3.07. The molecule has 146 valence electrons. The van der Waals surface area contributed by atoms with Crippen molar-refractivity contribution >= 4 is 46.5 Å². The van der Waals surface area contributed by atoms with Crippen LogP contribution in [0, 0.1) is 6.92 Å². The van der Waals surface area contributed by atoms with E-state index < -0.39 is 5.91 Å². The average Bonchev–Trinajstić information content (AvgIpc) is 3.09. The molecule has 0 aliphatic rings. The van der Waals surface area contributed by atoms with Crippen LogP contribution in [0.4, 0.5) is 5.69 Å². The van der Waals surface area contributed by atoms with Gasteiger partial charge in [-0.25, -0.2) is 9.50 Å². The minimum atomic E-state index is -0.441. The van der Waals surface area contributed by atoms with Gasteiger partial charge in [-0.3, -0.25) is 9.59 Å². The first-order valence-electron chi connectivity index (χ1n) is 8.61. The molecule has 3 aromatic rings. The number of aromatic nitrogens is 4. The van der Waals surface area contributed by atoms with E-state index in [9.17, 15) is 9.59 Å². The van der Waals surface area contributed by atoms with E-state index in [0.29, 0.717) is 34.5 Å². The number of hydrogen-bond donors (Lipinski definition) is 1. The first-order chi connectivity index (χ1) is 13.4. The van der Waals surface area contributed by atoms with Crippen LogP contribution < -0.4 is 5.32 Å². The molecule has 0 saturated heterocycles. The molecule has 2 heterocycles. The van der Waals surface area contributed by atoms with Crippen molar-refractivity contribution in [2.75, 3.05) is 18.4 Å². The zero-order valence-corrected chi connectivity index (χ0v) is 16.8. The van der Waals surface area contributed by atoms with Crippen molar-refractivity contribution in [3.05, 3.63) is 52.0 Å². The van der Waals surface area contributed by atoms with Gasteiger partial charge in [-0.05, 0) is 37.6 Å². The van der Waals surface area contributed by atoms with Crippen LogP contribution in [-0.2, 0) is 4.79 Å². The Balaban J connectivity index is 1.77. The topological polar surface area (TPSA) is 92.5 Å². The number of halogens is 2. The lowest BCUT2D eigenvalue weighted by Crippen LogP contribution is -2.39. The number of nitrogens with zero attached hydrogens (tertiary/aromatic N) is 5. The highest BCUT2D eigenvalue weighted by Gasteiger charge is 2.23. The second-order valence-corrected chi connectivity index (χ2v) is 6.98. The molecule has 8 nitrogen and oxygen atoms in total. The lowest BCUT2D eigenvalue weighted by molar-refractivity contribution is -0.116. The first-order valence-corrected chi connectivity index (χ1v) is 9.37. The maximum absolute atomic E-state index is 12.9. The van der Waals surface area contributed by atoms with Gasteiger partial charge in [0.05, 0.1) is 10.7 Å². The van der Waals surface area contributed by atoms with Gasteiger partial charge in [0.2, 0.25) is 11.7 Å². The lowest BCUT2D eigenvalue weighted by Gasteiger charge is -2.20. The van der Waals surface area contributed by atoms with Crippen molar-refractivity contribution in [3.8, 4) is 0 Å². The van der Waals surface area contributed by atoms with Crippen LogP contribution >= 0.6 is 23.2 Å². The molecule has 3 rings (SSSR count). The molecule has 1 aromatic carbocycles. The Morgan fingerprint density at radius 2 is 2.04 bits per heavy atom. The Kier molecular flexibility index (Phi) is 6.11. The van der Waals surface area contributed by atoms with Crippen LogP contribution in [-0.4, -0.2) is 49.4 Å². The number of hydrogen-bond acceptors (Lipinski definition) is 5. The number of nitrogens with one attached hydrogen (secondary N) is 1. The molecule has 28 heavy (non-hydrogen) atoms. The Bertz CT molecular complexity index is 1040. The molecule has 0 bridgehead atoms. The number of benzene rings is 1. The van der Waals surface area contributed by atoms with E-state index in [0.717, 1.165) is 5.69 Å². The van der Waals surface area contributed by atoms with E-state index in [4.69, 9.17) is 23.2 Å². The molecule has 0 atom stereocenters. The van der Waals surface area contributed by atoms with Gasteiger partial charge in [0.15, 0.2) is 0 Å². The number of aryl methyl sites for hydroxylation is 1. The molecule has 0 unspecified atom stereocenters. The SMILES string of the molecule is CCCN(CC(=O)Nc1ccc(Cl)cc1Cl)C(=O)c1nc2nccc(C)n2n1. The summed E-state index contributed by atoms with van der Waals surface area (Å²) < 4.78 is 1.49. The number of amides is 2. The highest BCUT2D eigenvalue weighted by Crippen LogP contribution is 2.25. The van der Waals surface area contributed by atoms with Crippen LogP contribution in [0.25, 0.3) is 5.78 Å². The fraction of sp³-hybridized carbons (Fsp3) is 0.278. The van der Waals surface area contributed by atoms with E-state index in [1.54, 1.807) is 24.4 Å². The molecule has 2 aromatic heterocycles. The van der Waals surface area contributed by atoms with Crippen LogP contribution in [0.2, 0.25) is 10.0 Å². The molecule has 0 aliphatic carbocycles. The van der Waals surface area contributed by atoms with Crippen molar-refractivity contribution in [2.24, 2.45) is 0 Å². The van der Waals surface area contributed by atoms with Gasteiger partial charge >= 0.3 is 0 Å². The number of anilines is 1. The van der Waals surface area contributed by atoms with E-state index in [1.807, 2.05) is 13.8 Å². The summed E-state index contributed by atoms with van der Waals surface area (Å²) in [4.78, 5) is 35.0. The summed E-state index contributed by atoms with van der Waals surface area (Å²) in [5.41, 5.74) is 1.22. The molecule has 0 fully saturated rings. The van der Waals surface area contributed by atoms with Crippen molar-refractivity contribution in [1.29, 1.82) is 0 Å². The van der Waals surface area contributed by atoms with Crippen LogP contribution in [0.3, 0.4) is 0 Å². The summed E-state index contributed by atoms with van der Waals surface area (Å²) in [7, 11) is 0. The van der Waals surface area contributed by atoms with Crippen LogP contribution in [0.1, 0.15) is 29.7 Å². The molecule has 1 N–H and O–H groups in total. The average molecular weight is 421 g/mol. The molecule has 0 saturated carbocycles. The molecular formula is C18H18Cl2N6O2. The molecular weight excluding hydrogens is 403 g/mol. The zero-order valence-electron chi connectivity index (χ0n) is 15.3. The van der Waals surface area contributed by atoms with Gasteiger partial charge in [-0.2, -0.15) is 4.98 Å². The predicted molar refractivity (Wildman–Crippen MR) is 107 cm³/mol. The lowest BCUT2D eigenvalue weighted by atomic mass is 10.3. The predicted octanol–water partition coefficient (Wildman–Crippen LogP) is 3.23. The molecule has 2 amide bonds. The Labute approximate surface area is 171 Å². The maximum Gasteiger partial charge on any atom is 0.294 e. The highest BCUT2D eigenvalue weighted by molar-refractivity contribution is 6.36. The largest absolute Gasteiger partial charge is 0.327 e. The second-order valence-electron chi connectivity index (χ2n) is 6.13. The summed E-state index contributed by atoms with van der Waals surface area (Å²) >= 11 is 11.9. The smallest absolute Gasteiger partial charge is 0.294 e. The first kappa shape index (κ1) is 20.0. The Morgan fingerprint density at radius 1 is 1.25 bits per heavy atom. The van der Waals surface area contributed by atoms with Crippen LogP contribution in [0.15, 0.2) is 30.5 Å². The van der Waals surface area contributed by atoms with Crippen molar-refractivity contribution in [2.45, 2.75) is 20.3 Å². The summed E-state index contributed by atoms with van der Waals surface area (Å²) in [5, 5.41) is 7.68. The molecule has 0 radical (unpaired) electrons. The van der Waals surface area contributed by atoms with E-state index in [-0.39, 0.29) is 18.3 Å². The summed E-state index contributed by atoms with van der Waals surface area (Å²) in [6, 6.07) is 6.52. The van der Waals surface area contributed by atoms with Crippen molar-refractivity contribution < 1.29 is 9.59 Å². The summed E-state index contributed by atoms with van der Waals surface area (Å²) in [6.45, 7) is 3.97. The number of carbonyl (C=O) groups is 2. The minimum absolute atomic E-state index is 0.00687. The van der Waals surface area contributed by atoms with Crippen molar-refractivity contribution in [1.82, 2.24) is 24.5 Å². The minimum Gasteiger partial charge on any atom is -0.327 e. The molecule has 10 heteroatoms. The monoisotopic (exact) mass is 420 g/mol. The van der Waals surface area contributed by atoms with Crippen molar-refractivity contribution in [3.63, 3.8) is 0 Å². The highest BCUT2D eigenvalue weighted by atomic mass is 35.5. The molecule has 0 spiro atoms. The van der Waals surface area contributed by atoms with E-state index in [2.05, 4.69) is 20.4 Å². The van der Waals surface area contributed by atoms with Crippen LogP contribution in [0.5, 0.6) is 0 Å². The fourth-order valence-electron chi connectivity index (χ4n) is 2.61. The number of rotatable bonds is 6. The van der Waals surface area contributed by atoms with Gasteiger partial charge in [-0.15, -0.1) is 5.10 Å². The molecule has 0 aliphatic heterocycles. The van der Waals surface area contributed by atoms with Gasteiger partial charge in [-0.1, -0.05) is 30.1 Å². The Morgan fingerprint density at radius 3 is 2.71 bits per heavy atom. The van der Waals surface area contributed by atoms with Gasteiger partial charge in [0.25, 0.3) is 11.7 Å². The standard InChI is InChI=1S/C18H18Cl2N6O2/c1-3-8-25(10-15(27)22-14-5-4-12(19)9-13(14)20)17(28)16-23-18-21-7-6-11(2)26(18)24-16/h4-7,9H,3,8,10H2,1-2H3,(H,22,27). The third kappa shape index (κ3) is 4.40. The third-order valence-corrected chi connectivity index (χ3v) is 4.49. The normalized spacial score (nSPS) is 10.9. The second kappa shape index (κ2) is 8.53. The zero-order chi connectivity index (χ0) is 20.3. The number of carbonyl (C=O) groups excluding carboxylic acids is 2. The van der Waals surface area contributed by atoms with Gasteiger partial charge in [0, 0.05) is 23.5 Å². The summed E-state index contributed by atoms with van der Waals surface area (Å²) in [6.07, 6.45) is 2.27. The summed E-state index contributed by atoms with van der Waals surface area (Å²) in [5.74, 6) is -0.502. The van der Waals surface area contributed by atoms with E-state index in [1.165, 1.54) is 15.5 Å².